The smallest absolute Gasteiger partial charge is 0.224 e. The predicted molar refractivity (Wildman–Crippen MR) is 69.2 cm³/mol. The van der Waals surface area contributed by atoms with E-state index < -0.39 is 0 Å². The highest BCUT2D eigenvalue weighted by atomic mass is 19.1. The first kappa shape index (κ1) is 11.7. The van der Waals surface area contributed by atoms with Crippen molar-refractivity contribution in [3.05, 3.63) is 12.0 Å². The number of halogens is 1. The van der Waals surface area contributed by atoms with E-state index >= 15 is 0 Å². The molecule has 0 aromatic carbocycles. The first-order chi connectivity index (χ1) is 8.78. The minimum Gasteiger partial charge on any atom is -0.354 e. The molecule has 98 valence electrons. The van der Waals surface area contributed by atoms with Gasteiger partial charge in [-0.15, -0.1) is 0 Å². The van der Waals surface area contributed by atoms with Crippen LogP contribution in [0.1, 0.15) is 32.6 Å². The van der Waals surface area contributed by atoms with Crippen LogP contribution < -0.4 is 10.2 Å². The van der Waals surface area contributed by atoms with Gasteiger partial charge in [0.25, 0.3) is 0 Å². The highest BCUT2D eigenvalue weighted by molar-refractivity contribution is 5.46. The Morgan fingerprint density at radius 1 is 1.50 bits per heavy atom. The maximum absolute atomic E-state index is 13.9. The third-order valence-corrected chi connectivity index (χ3v) is 3.94. The van der Waals surface area contributed by atoms with Crippen LogP contribution >= 0.6 is 0 Å². The second-order valence-electron chi connectivity index (χ2n) is 5.28. The molecule has 3 rings (SSSR count). The van der Waals surface area contributed by atoms with Gasteiger partial charge in [0.05, 0.1) is 6.20 Å². The molecular weight excluding hydrogens is 231 g/mol. The zero-order chi connectivity index (χ0) is 12.5. The predicted octanol–water partition coefficient (Wildman–Crippen LogP) is 2.43. The summed E-state index contributed by atoms with van der Waals surface area (Å²) in [4.78, 5) is 10.5. The molecule has 0 radical (unpaired) electrons. The third-order valence-electron chi connectivity index (χ3n) is 3.94. The van der Waals surface area contributed by atoms with Crippen molar-refractivity contribution in [1.82, 2.24) is 9.97 Å². The summed E-state index contributed by atoms with van der Waals surface area (Å²) < 4.78 is 13.9. The Labute approximate surface area is 107 Å². The normalized spacial score (nSPS) is 25.8. The van der Waals surface area contributed by atoms with Gasteiger partial charge >= 0.3 is 0 Å². The maximum Gasteiger partial charge on any atom is 0.224 e. The minimum absolute atomic E-state index is 0.301. The van der Waals surface area contributed by atoms with Gasteiger partial charge in [-0.1, -0.05) is 6.92 Å². The zero-order valence-corrected chi connectivity index (χ0v) is 10.7. The molecule has 1 aromatic heterocycles. The number of hydrogen-bond donors (Lipinski definition) is 1. The van der Waals surface area contributed by atoms with Gasteiger partial charge in [-0.25, -0.2) is 9.37 Å². The Kier molecular flexibility index (Phi) is 3.06. The SMILES string of the molecule is CCCNc1ncc(F)c(N2CC3CCC2C3)n1. The number of hydrogen-bond acceptors (Lipinski definition) is 4. The van der Waals surface area contributed by atoms with Crippen molar-refractivity contribution in [2.45, 2.75) is 38.6 Å². The van der Waals surface area contributed by atoms with Gasteiger partial charge in [-0.3, -0.25) is 0 Å². The largest absolute Gasteiger partial charge is 0.354 e. The molecule has 2 aliphatic rings. The topological polar surface area (TPSA) is 41.1 Å². The number of rotatable bonds is 4. The fourth-order valence-corrected chi connectivity index (χ4v) is 3.07. The molecule has 2 heterocycles. The van der Waals surface area contributed by atoms with Gasteiger partial charge in [0.15, 0.2) is 11.6 Å². The number of aromatic nitrogens is 2. The van der Waals surface area contributed by atoms with Crippen molar-refractivity contribution >= 4 is 11.8 Å². The molecule has 2 atom stereocenters. The van der Waals surface area contributed by atoms with E-state index in [-0.39, 0.29) is 5.82 Å². The van der Waals surface area contributed by atoms with Crippen molar-refractivity contribution in [2.24, 2.45) is 5.92 Å². The van der Waals surface area contributed by atoms with Crippen LogP contribution in [0, 0.1) is 11.7 Å². The third kappa shape index (κ3) is 2.02. The van der Waals surface area contributed by atoms with Crippen LogP contribution in [-0.4, -0.2) is 29.1 Å². The summed E-state index contributed by atoms with van der Waals surface area (Å²) in [5.74, 6) is 1.45. The van der Waals surface area contributed by atoms with Crippen LogP contribution in [0.4, 0.5) is 16.2 Å². The highest BCUT2D eigenvalue weighted by Crippen LogP contribution is 2.40. The number of anilines is 2. The molecule has 1 N–H and O–H groups in total. The quantitative estimate of drug-likeness (QED) is 0.891. The van der Waals surface area contributed by atoms with Gasteiger partial charge in [0, 0.05) is 19.1 Å². The van der Waals surface area contributed by atoms with Gasteiger partial charge < -0.3 is 10.2 Å². The molecule has 1 saturated carbocycles. The molecule has 4 nitrogen and oxygen atoms in total. The summed E-state index contributed by atoms with van der Waals surface area (Å²) in [6.07, 6.45) is 5.94. The van der Waals surface area contributed by atoms with E-state index in [1.165, 1.54) is 25.5 Å². The Bertz CT molecular complexity index is 437. The number of nitrogens with one attached hydrogen (secondary N) is 1. The first-order valence-corrected chi connectivity index (χ1v) is 6.81. The molecule has 0 spiro atoms. The van der Waals surface area contributed by atoms with Gasteiger partial charge in [0.2, 0.25) is 5.95 Å². The zero-order valence-electron chi connectivity index (χ0n) is 10.7. The standard InChI is InChI=1S/C13H19FN4/c1-2-5-15-13-16-7-11(14)12(17-13)18-8-9-3-4-10(18)6-9/h7,9-10H,2-6,8H2,1H3,(H,15,16,17). The van der Waals surface area contributed by atoms with Crippen LogP contribution in [0.3, 0.4) is 0 Å². The van der Waals surface area contributed by atoms with E-state index in [9.17, 15) is 4.39 Å². The second-order valence-corrected chi connectivity index (χ2v) is 5.28. The molecule has 5 heteroatoms. The van der Waals surface area contributed by atoms with E-state index in [4.69, 9.17) is 0 Å². The summed E-state index contributed by atoms with van der Waals surface area (Å²) in [7, 11) is 0. The Morgan fingerprint density at radius 2 is 2.39 bits per heavy atom. The lowest BCUT2D eigenvalue weighted by atomic mass is 10.1. The molecule has 2 bridgehead atoms. The summed E-state index contributed by atoms with van der Waals surface area (Å²) >= 11 is 0. The van der Waals surface area contributed by atoms with E-state index in [1.807, 2.05) is 0 Å². The molecule has 1 aliphatic heterocycles. The van der Waals surface area contributed by atoms with E-state index in [2.05, 4.69) is 27.1 Å². The maximum atomic E-state index is 13.9. The Balaban J connectivity index is 1.82. The summed E-state index contributed by atoms with van der Waals surface area (Å²) in [6, 6.07) is 0.485. The van der Waals surface area contributed by atoms with Gasteiger partial charge in [0.1, 0.15) is 0 Å². The van der Waals surface area contributed by atoms with E-state index in [1.54, 1.807) is 0 Å². The molecular formula is C13H19FN4. The molecule has 2 fully saturated rings. The molecule has 0 amide bonds. The fourth-order valence-electron chi connectivity index (χ4n) is 3.07. The van der Waals surface area contributed by atoms with Gasteiger partial charge in [-0.05, 0) is 31.6 Å². The van der Waals surface area contributed by atoms with Crippen molar-refractivity contribution < 1.29 is 4.39 Å². The van der Waals surface area contributed by atoms with Gasteiger partial charge in [-0.2, -0.15) is 4.98 Å². The number of nitrogens with zero attached hydrogens (tertiary/aromatic N) is 3. The average Bonchev–Trinajstić information content (AvgIpc) is 3.00. The fraction of sp³-hybridized carbons (Fsp3) is 0.692. The molecule has 2 unspecified atom stereocenters. The van der Waals surface area contributed by atoms with Crippen molar-refractivity contribution in [3.63, 3.8) is 0 Å². The summed E-state index contributed by atoms with van der Waals surface area (Å²) in [5, 5.41) is 3.11. The van der Waals surface area contributed by atoms with Crippen molar-refractivity contribution in [3.8, 4) is 0 Å². The lowest BCUT2D eigenvalue weighted by molar-refractivity contribution is 0.533. The lowest BCUT2D eigenvalue weighted by Crippen LogP contribution is -2.33. The highest BCUT2D eigenvalue weighted by Gasteiger charge is 2.39. The molecule has 1 aliphatic carbocycles. The summed E-state index contributed by atoms with van der Waals surface area (Å²) in [6.45, 7) is 3.85. The van der Waals surface area contributed by atoms with E-state index in [0.717, 1.165) is 25.4 Å². The Morgan fingerprint density at radius 3 is 3.06 bits per heavy atom. The van der Waals surface area contributed by atoms with Crippen LogP contribution in [0.15, 0.2) is 6.20 Å². The first-order valence-electron chi connectivity index (χ1n) is 6.81. The molecule has 1 saturated heterocycles. The molecule has 18 heavy (non-hydrogen) atoms. The van der Waals surface area contributed by atoms with Crippen LogP contribution in [0.25, 0.3) is 0 Å². The Hall–Kier alpha value is -1.39. The van der Waals surface area contributed by atoms with Crippen LogP contribution in [0.5, 0.6) is 0 Å². The van der Waals surface area contributed by atoms with E-state index in [0.29, 0.717) is 17.8 Å². The number of fused-ring (bicyclic) bond motifs is 2. The second kappa shape index (κ2) is 4.71. The van der Waals surface area contributed by atoms with Crippen molar-refractivity contribution in [1.29, 1.82) is 0 Å². The van der Waals surface area contributed by atoms with Crippen molar-refractivity contribution in [2.75, 3.05) is 23.3 Å². The minimum atomic E-state index is -0.301. The monoisotopic (exact) mass is 250 g/mol. The van der Waals surface area contributed by atoms with Crippen LogP contribution in [-0.2, 0) is 0 Å². The molecule has 1 aromatic rings. The summed E-state index contributed by atoms with van der Waals surface area (Å²) in [5.41, 5.74) is 0. The number of piperidine rings is 1. The lowest BCUT2D eigenvalue weighted by Gasteiger charge is -2.28. The van der Waals surface area contributed by atoms with Crippen LogP contribution in [0.2, 0.25) is 0 Å². The average molecular weight is 250 g/mol.